The molecule has 2 aromatic carbocycles. The summed E-state index contributed by atoms with van der Waals surface area (Å²) in [6.45, 7) is 8.77. The number of nitrogens with zero attached hydrogens (tertiary/aromatic N) is 2. The number of fused-ring (bicyclic) bond motifs is 2. The third kappa shape index (κ3) is 4.81. The lowest BCUT2D eigenvalue weighted by molar-refractivity contribution is -0.898. The zero-order valence-electron chi connectivity index (χ0n) is 18.2. The highest BCUT2D eigenvalue weighted by molar-refractivity contribution is 7.99. The van der Waals surface area contributed by atoms with Gasteiger partial charge in [0.15, 0.2) is 0 Å². The summed E-state index contributed by atoms with van der Waals surface area (Å²) in [5, 5.41) is 3.02. The molecule has 0 radical (unpaired) electrons. The smallest absolute Gasteiger partial charge is 0.251 e. The lowest BCUT2D eigenvalue weighted by atomic mass is 10.1. The first-order chi connectivity index (χ1) is 14.0. The van der Waals surface area contributed by atoms with Gasteiger partial charge in [-0.2, -0.15) is 0 Å². The van der Waals surface area contributed by atoms with Gasteiger partial charge in [0.2, 0.25) is 0 Å². The molecule has 0 aromatic heterocycles. The maximum absolute atomic E-state index is 12.6. The van der Waals surface area contributed by atoms with Gasteiger partial charge >= 0.3 is 0 Å². The summed E-state index contributed by atoms with van der Waals surface area (Å²) < 4.78 is 1.14. The predicted octanol–water partition coefficient (Wildman–Crippen LogP) is 2.06. The fourth-order valence-electron chi connectivity index (χ4n) is 4.74. The van der Waals surface area contributed by atoms with Gasteiger partial charge in [-0.15, -0.1) is 0 Å². The van der Waals surface area contributed by atoms with Crippen LogP contribution in [-0.4, -0.2) is 49.7 Å². The second-order valence-corrected chi connectivity index (χ2v) is 9.77. The topological polar surface area (TPSA) is 32.3 Å². The van der Waals surface area contributed by atoms with Crippen LogP contribution in [0.2, 0.25) is 0 Å². The molecule has 0 unspecified atom stereocenters. The van der Waals surface area contributed by atoms with E-state index in [0.717, 1.165) is 28.7 Å². The molecule has 0 bridgehead atoms. The Morgan fingerprint density at radius 2 is 1.83 bits per heavy atom. The molecule has 162 valence electrons. The number of carbonyl (C=O) groups excluding carboxylic acids is 1. The lowest BCUT2D eigenvalue weighted by Crippen LogP contribution is -3.00. The molecule has 2 aliphatic rings. The van der Waals surface area contributed by atoms with Gasteiger partial charge in [-0.3, -0.25) is 4.79 Å². The van der Waals surface area contributed by atoms with E-state index in [1.165, 1.54) is 41.4 Å². The summed E-state index contributed by atoms with van der Waals surface area (Å²) in [5.74, 6) is 0.0182. The second-order valence-electron chi connectivity index (χ2n) is 8.68. The van der Waals surface area contributed by atoms with Crippen LogP contribution < -0.4 is 34.2 Å². The van der Waals surface area contributed by atoms with Crippen LogP contribution >= 0.6 is 11.8 Å². The first-order valence-electron chi connectivity index (χ1n) is 10.8. The molecule has 1 saturated heterocycles. The molecule has 1 atom stereocenters. The molecule has 2 heterocycles. The van der Waals surface area contributed by atoms with Crippen LogP contribution in [0, 0.1) is 0 Å². The van der Waals surface area contributed by atoms with Crippen LogP contribution in [0.4, 0.5) is 11.4 Å². The summed E-state index contributed by atoms with van der Waals surface area (Å²) in [6, 6.07) is 15.2. The van der Waals surface area contributed by atoms with Crippen molar-refractivity contribution in [3.05, 3.63) is 48.0 Å². The molecule has 1 N–H and O–H groups in total. The number of hydrogen-bond acceptors (Lipinski definition) is 3. The molecule has 6 heteroatoms. The number of amides is 1. The van der Waals surface area contributed by atoms with E-state index in [9.17, 15) is 4.79 Å². The number of rotatable bonds is 6. The molecule has 1 fully saturated rings. The number of nitrogens with one attached hydrogen (secondary N) is 1. The van der Waals surface area contributed by atoms with Gasteiger partial charge in [0.1, 0.15) is 0 Å². The largest absolute Gasteiger partial charge is 1.00 e. The minimum Gasteiger partial charge on any atom is -1.00 e. The molecule has 0 aliphatic carbocycles. The molecule has 1 amide bonds. The molecule has 0 saturated carbocycles. The minimum absolute atomic E-state index is 0. The number of likely N-dealkylation sites (N-methyl/N-ethyl adjacent to an activating group) is 1. The van der Waals surface area contributed by atoms with Crippen molar-refractivity contribution in [2.45, 2.75) is 48.9 Å². The van der Waals surface area contributed by atoms with Gasteiger partial charge in [0, 0.05) is 34.7 Å². The maximum Gasteiger partial charge on any atom is 0.251 e. The Hall–Kier alpha value is -1.25. The summed E-state index contributed by atoms with van der Waals surface area (Å²) in [5.41, 5.74) is 3.17. The fourth-order valence-corrected chi connectivity index (χ4v) is 5.79. The Kier molecular flexibility index (Phi) is 7.74. The van der Waals surface area contributed by atoms with Crippen molar-refractivity contribution < 1.29 is 33.3 Å². The van der Waals surface area contributed by atoms with E-state index < -0.39 is 0 Å². The van der Waals surface area contributed by atoms with Gasteiger partial charge in [-0.25, -0.2) is 0 Å². The highest BCUT2D eigenvalue weighted by atomic mass is 127. The summed E-state index contributed by atoms with van der Waals surface area (Å²) in [4.78, 5) is 17.6. The minimum atomic E-state index is 0. The van der Waals surface area contributed by atoms with Crippen molar-refractivity contribution in [2.75, 3.05) is 38.1 Å². The van der Waals surface area contributed by atoms with Gasteiger partial charge in [-0.1, -0.05) is 30.8 Å². The third-order valence-electron chi connectivity index (χ3n) is 6.15. The first kappa shape index (κ1) is 23.4. The van der Waals surface area contributed by atoms with E-state index in [0.29, 0.717) is 12.6 Å². The highest BCUT2D eigenvalue weighted by Crippen LogP contribution is 2.49. The first-order valence-corrected chi connectivity index (χ1v) is 11.6. The van der Waals surface area contributed by atoms with Crippen LogP contribution in [0.1, 0.15) is 43.5 Å². The van der Waals surface area contributed by atoms with Crippen molar-refractivity contribution in [1.82, 2.24) is 5.32 Å². The van der Waals surface area contributed by atoms with Gasteiger partial charge < -0.3 is 38.7 Å². The zero-order valence-corrected chi connectivity index (χ0v) is 21.1. The molecule has 30 heavy (non-hydrogen) atoms. The average Bonchev–Trinajstić information content (AvgIpc) is 3.15. The van der Waals surface area contributed by atoms with Crippen LogP contribution in [-0.2, 0) is 0 Å². The van der Waals surface area contributed by atoms with Crippen molar-refractivity contribution in [3.8, 4) is 0 Å². The summed E-state index contributed by atoms with van der Waals surface area (Å²) >= 11 is 1.81. The van der Waals surface area contributed by atoms with E-state index in [4.69, 9.17) is 0 Å². The van der Waals surface area contributed by atoms with Crippen molar-refractivity contribution in [2.24, 2.45) is 0 Å². The average molecular weight is 538 g/mol. The summed E-state index contributed by atoms with van der Waals surface area (Å²) in [7, 11) is 2.39. The van der Waals surface area contributed by atoms with Crippen LogP contribution in [0.15, 0.2) is 52.3 Å². The predicted molar refractivity (Wildman–Crippen MR) is 121 cm³/mol. The van der Waals surface area contributed by atoms with Gasteiger partial charge in [0.25, 0.3) is 5.91 Å². The highest BCUT2D eigenvalue weighted by Gasteiger charge is 2.34. The van der Waals surface area contributed by atoms with E-state index in [1.54, 1.807) is 11.8 Å². The van der Waals surface area contributed by atoms with E-state index in [2.05, 4.69) is 67.5 Å². The van der Waals surface area contributed by atoms with Crippen LogP contribution in [0.3, 0.4) is 0 Å². The quantitative estimate of drug-likeness (QED) is 0.453. The molecule has 4 nitrogen and oxygen atoms in total. The van der Waals surface area contributed by atoms with Crippen molar-refractivity contribution >= 4 is 29.0 Å². The Labute approximate surface area is 202 Å². The normalized spacial score (nSPS) is 17.5. The van der Waals surface area contributed by atoms with Gasteiger partial charge in [0.05, 0.1) is 44.1 Å². The number of anilines is 2. The second kappa shape index (κ2) is 9.92. The van der Waals surface area contributed by atoms with Crippen molar-refractivity contribution in [3.63, 3.8) is 0 Å². The molecule has 4 rings (SSSR count). The molecular weight excluding hydrogens is 505 g/mol. The Balaban J connectivity index is 0.00000256. The zero-order chi connectivity index (χ0) is 20.4. The number of benzene rings is 2. The third-order valence-corrected chi connectivity index (χ3v) is 7.28. The fraction of sp³-hybridized carbons (Fsp3) is 0.458. The summed E-state index contributed by atoms with van der Waals surface area (Å²) in [6.07, 6.45) is 3.60. The van der Waals surface area contributed by atoms with Crippen LogP contribution in [0.25, 0.3) is 0 Å². The number of quaternary nitrogens is 1. The maximum atomic E-state index is 12.6. The van der Waals surface area contributed by atoms with Crippen molar-refractivity contribution in [1.29, 1.82) is 0 Å². The SMILES string of the molecule is CCCNC(=O)c1ccc2c(c1)N([C@H](C)C[N+]1(C)CCCC1)c1ccccc1S2.[I-]. The number of para-hydroxylation sites is 1. The van der Waals surface area contributed by atoms with E-state index in [-0.39, 0.29) is 29.9 Å². The monoisotopic (exact) mass is 537 g/mol. The lowest BCUT2D eigenvalue weighted by Gasteiger charge is -2.41. The molecule has 2 aliphatic heterocycles. The molecule has 2 aromatic rings. The number of hydrogen-bond donors (Lipinski definition) is 1. The number of carbonyl (C=O) groups is 1. The van der Waals surface area contributed by atoms with Crippen LogP contribution in [0.5, 0.6) is 0 Å². The number of likely N-dealkylation sites (tertiary alicyclic amines) is 1. The van der Waals surface area contributed by atoms with Gasteiger partial charge in [-0.05, 0) is 43.7 Å². The Morgan fingerprint density at radius 3 is 2.57 bits per heavy atom. The number of halogens is 1. The molecular formula is C24H32IN3OS. The van der Waals surface area contributed by atoms with E-state index in [1.807, 2.05) is 6.07 Å². The Bertz CT molecular complexity index is 898. The Morgan fingerprint density at radius 1 is 1.13 bits per heavy atom. The standard InChI is InChI=1S/C24H31N3OS.HI/c1-4-13-25-24(28)19-11-12-23-21(16-19)26(20-9-5-6-10-22(20)29-23)18(2)17-27(3)14-7-8-15-27;/h5-6,9-12,16,18H,4,7-8,13-15,17H2,1-3H3;1H/t18-;/m1./s1. The molecule has 0 spiro atoms. The van der Waals surface area contributed by atoms with E-state index >= 15 is 0 Å².